The summed E-state index contributed by atoms with van der Waals surface area (Å²) in [6, 6.07) is 4.61. The van der Waals surface area contributed by atoms with Crippen LogP contribution in [0.2, 0.25) is 0 Å². The van der Waals surface area contributed by atoms with Crippen molar-refractivity contribution in [3.63, 3.8) is 0 Å². The number of anilines is 1. The number of carbonyl (C=O) groups excluding carboxylic acids is 4. The highest BCUT2D eigenvalue weighted by molar-refractivity contribution is 6.07. The first-order chi connectivity index (χ1) is 13.9. The van der Waals surface area contributed by atoms with E-state index in [-0.39, 0.29) is 12.8 Å². The molecule has 1 aromatic rings. The molecule has 9 nitrogen and oxygen atoms in total. The van der Waals surface area contributed by atoms with Gasteiger partial charge in [0.25, 0.3) is 5.91 Å². The molecule has 0 saturated carbocycles. The average molecular weight is 401 g/mol. The van der Waals surface area contributed by atoms with E-state index in [0.29, 0.717) is 18.5 Å². The third kappa shape index (κ3) is 4.63. The molecule has 2 aliphatic rings. The lowest BCUT2D eigenvalue weighted by Gasteiger charge is -2.36. The van der Waals surface area contributed by atoms with Gasteiger partial charge < -0.3 is 10.6 Å². The van der Waals surface area contributed by atoms with Crippen LogP contribution in [0.5, 0.6) is 0 Å². The molecule has 9 heteroatoms. The second-order valence-electron chi connectivity index (χ2n) is 7.40. The first-order valence-electron chi connectivity index (χ1n) is 9.84. The van der Waals surface area contributed by atoms with Crippen LogP contribution < -0.4 is 16.0 Å². The highest BCUT2D eigenvalue weighted by Crippen LogP contribution is 2.23. The Morgan fingerprint density at radius 3 is 2.62 bits per heavy atom. The van der Waals surface area contributed by atoms with E-state index in [1.165, 1.54) is 0 Å². The largest absolute Gasteiger partial charge is 0.369 e. The Morgan fingerprint density at radius 1 is 1.28 bits per heavy atom. The van der Waals surface area contributed by atoms with Gasteiger partial charge in [-0.2, -0.15) is 0 Å². The van der Waals surface area contributed by atoms with Gasteiger partial charge in [-0.3, -0.25) is 34.3 Å². The molecule has 156 valence electrons. The normalized spacial score (nSPS) is 20.3. The van der Waals surface area contributed by atoms with E-state index in [2.05, 4.69) is 15.1 Å². The van der Waals surface area contributed by atoms with E-state index < -0.39 is 23.8 Å². The Hall–Kier alpha value is -2.78. The molecule has 1 aromatic carbocycles. The molecule has 3 rings (SSSR count). The van der Waals surface area contributed by atoms with Crippen molar-refractivity contribution in [2.45, 2.75) is 25.8 Å². The Kier molecular flexibility index (Phi) is 6.60. The Labute approximate surface area is 169 Å². The van der Waals surface area contributed by atoms with E-state index >= 15 is 0 Å². The number of piperazine rings is 1. The zero-order valence-corrected chi connectivity index (χ0v) is 16.6. The van der Waals surface area contributed by atoms with Crippen molar-refractivity contribution >= 4 is 29.8 Å². The zero-order chi connectivity index (χ0) is 21.0. The summed E-state index contributed by atoms with van der Waals surface area (Å²) in [4.78, 5) is 53.6. The summed E-state index contributed by atoms with van der Waals surface area (Å²) in [6.07, 6.45) is 0.608. The van der Waals surface area contributed by atoms with Crippen LogP contribution in [0.4, 0.5) is 5.69 Å². The molecule has 2 aliphatic heterocycles. The monoisotopic (exact) mass is 401 g/mol. The zero-order valence-electron chi connectivity index (χ0n) is 16.6. The Morgan fingerprint density at radius 2 is 2.00 bits per heavy atom. The van der Waals surface area contributed by atoms with Crippen LogP contribution in [-0.4, -0.2) is 79.2 Å². The van der Waals surface area contributed by atoms with Gasteiger partial charge in [-0.05, 0) is 31.0 Å². The predicted octanol–water partition coefficient (Wildman–Crippen LogP) is -0.520. The number of benzene rings is 1. The average Bonchev–Trinajstić information content (AvgIpc) is 2.71. The number of amides is 4. The molecule has 0 aliphatic carbocycles. The highest BCUT2D eigenvalue weighted by atomic mass is 16.2. The third-order valence-corrected chi connectivity index (χ3v) is 5.53. The molecule has 2 heterocycles. The summed E-state index contributed by atoms with van der Waals surface area (Å²) in [7, 11) is 0. The van der Waals surface area contributed by atoms with Gasteiger partial charge in [0, 0.05) is 56.9 Å². The maximum Gasteiger partial charge on any atom is 0.261 e. The molecule has 2 saturated heterocycles. The van der Waals surface area contributed by atoms with Crippen LogP contribution in [-0.2, 0) is 14.4 Å². The molecular weight excluding hydrogens is 374 g/mol. The molecule has 4 amide bonds. The number of aryl methyl sites for hydroxylation is 1. The number of piperidine rings is 1. The molecule has 0 bridgehead atoms. The van der Waals surface area contributed by atoms with Crippen LogP contribution in [0.1, 0.15) is 28.8 Å². The van der Waals surface area contributed by atoms with Gasteiger partial charge in [-0.25, -0.2) is 0 Å². The van der Waals surface area contributed by atoms with Crippen LogP contribution >= 0.6 is 0 Å². The van der Waals surface area contributed by atoms with Gasteiger partial charge >= 0.3 is 0 Å². The first kappa shape index (κ1) is 20.9. The van der Waals surface area contributed by atoms with Crippen LogP contribution in [0.25, 0.3) is 0 Å². The van der Waals surface area contributed by atoms with Crippen LogP contribution in [0.15, 0.2) is 18.2 Å². The van der Waals surface area contributed by atoms with Crippen LogP contribution in [0, 0.1) is 6.92 Å². The summed E-state index contributed by atoms with van der Waals surface area (Å²) >= 11 is 0. The maximum absolute atomic E-state index is 13.1. The maximum atomic E-state index is 13.1. The van der Waals surface area contributed by atoms with Crippen molar-refractivity contribution in [3.8, 4) is 0 Å². The summed E-state index contributed by atoms with van der Waals surface area (Å²) in [5.74, 6) is -1.54. The lowest BCUT2D eigenvalue weighted by molar-refractivity contribution is -0.139. The van der Waals surface area contributed by atoms with Crippen molar-refractivity contribution in [2.24, 2.45) is 5.73 Å². The second kappa shape index (κ2) is 9.15. The molecular formula is C20H27N5O4. The minimum atomic E-state index is -0.972. The van der Waals surface area contributed by atoms with E-state index in [0.717, 1.165) is 48.9 Å². The van der Waals surface area contributed by atoms with Gasteiger partial charge in [-0.15, -0.1) is 0 Å². The number of imide groups is 2. The second-order valence-corrected chi connectivity index (χ2v) is 7.40. The van der Waals surface area contributed by atoms with E-state index in [1.54, 1.807) is 13.0 Å². The van der Waals surface area contributed by atoms with Crippen molar-refractivity contribution in [1.82, 2.24) is 15.1 Å². The minimum Gasteiger partial charge on any atom is -0.369 e. The summed E-state index contributed by atoms with van der Waals surface area (Å²) < 4.78 is 0. The molecule has 0 radical (unpaired) electrons. The summed E-state index contributed by atoms with van der Waals surface area (Å²) in [6.45, 7) is 6.72. The van der Waals surface area contributed by atoms with Crippen molar-refractivity contribution in [3.05, 3.63) is 29.3 Å². The number of hydrogen-bond acceptors (Lipinski definition) is 7. The van der Waals surface area contributed by atoms with Gasteiger partial charge in [0.15, 0.2) is 0 Å². The lowest BCUT2D eigenvalue weighted by atomic mass is 10.0. The van der Waals surface area contributed by atoms with Gasteiger partial charge in [0.2, 0.25) is 18.2 Å². The van der Waals surface area contributed by atoms with E-state index in [9.17, 15) is 19.2 Å². The van der Waals surface area contributed by atoms with E-state index in [1.807, 2.05) is 12.1 Å². The quantitative estimate of drug-likeness (QED) is 0.487. The van der Waals surface area contributed by atoms with Crippen molar-refractivity contribution < 1.29 is 19.2 Å². The molecule has 3 N–H and O–H groups in total. The number of nitrogens with one attached hydrogen (secondary N) is 1. The van der Waals surface area contributed by atoms with Crippen LogP contribution in [0.3, 0.4) is 0 Å². The molecule has 29 heavy (non-hydrogen) atoms. The molecule has 1 atom stereocenters. The Balaban J connectivity index is 1.78. The third-order valence-electron chi connectivity index (χ3n) is 5.53. The van der Waals surface area contributed by atoms with Gasteiger partial charge in [-0.1, -0.05) is 6.07 Å². The van der Waals surface area contributed by atoms with Crippen molar-refractivity contribution in [1.29, 1.82) is 0 Å². The van der Waals surface area contributed by atoms with Gasteiger partial charge in [0.1, 0.15) is 6.04 Å². The van der Waals surface area contributed by atoms with E-state index in [4.69, 9.17) is 5.73 Å². The fourth-order valence-corrected chi connectivity index (χ4v) is 3.80. The summed E-state index contributed by atoms with van der Waals surface area (Å²) in [5.41, 5.74) is 7.63. The number of hydrogen-bond donors (Lipinski definition) is 2. The van der Waals surface area contributed by atoms with Gasteiger partial charge in [0.05, 0.1) is 0 Å². The molecule has 2 fully saturated rings. The highest BCUT2D eigenvalue weighted by Gasteiger charge is 2.35. The Bertz CT molecular complexity index is 804. The topological polar surface area (TPSA) is 116 Å². The van der Waals surface area contributed by atoms with Crippen molar-refractivity contribution in [2.75, 3.05) is 44.2 Å². The SMILES string of the molecule is Cc1ccc(N2CCN(CCN)CC2)cc1C(=O)N(C=O)C1CCC(=O)NC1=O. The fraction of sp³-hybridized carbons (Fsp3) is 0.500. The number of rotatable bonds is 6. The first-order valence-corrected chi connectivity index (χ1v) is 9.84. The lowest BCUT2D eigenvalue weighted by Crippen LogP contribution is -2.54. The number of nitrogens with two attached hydrogens (primary N) is 1. The number of carbonyl (C=O) groups is 4. The standard InChI is InChI=1S/C20H27N5O4/c1-14-2-3-15(24-10-8-23(7-6-21)9-11-24)12-16(14)20(29)25(13-26)17-4-5-18(27)22-19(17)28/h2-3,12-13,17H,4-11,21H2,1H3,(H,22,27,28). The predicted molar refractivity (Wildman–Crippen MR) is 107 cm³/mol. The molecule has 0 spiro atoms. The number of nitrogens with zero attached hydrogens (tertiary/aromatic N) is 3. The summed E-state index contributed by atoms with van der Waals surface area (Å²) in [5, 5.41) is 2.19. The molecule has 0 aromatic heterocycles. The fourth-order valence-electron chi connectivity index (χ4n) is 3.80. The smallest absolute Gasteiger partial charge is 0.261 e. The minimum absolute atomic E-state index is 0.0973. The molecule has 1 unspecified atom stereocenters.